The van der Waals surface area contributed by atoms with Crippen molar-refractivity contribution in [2.24, 2.45) is 0 Å². The van der Waals surface area contributed by atoms with Gasteiger partial charge in [0.15, 0.2) is 0 Å². The van der Waals surface area contributed by atoms with Gasteiger partial charge in [-0.15, -0.1) is 0 Å². The molecule has 0 fully saturated rings. The number of rotatable bonds is 0. The Morgan fingerprint density at radius 3 is 0.429 bits per heavy atom. The normalized spacial score (nSPS) is 0. The first-order chi connectivity index (χ1) is 0. The molecular formula is C2H14N2Ti3. The van der Waals surface area contributed by atoms with Gasteiger partial charge in [0.2, 0.25) is 0 Å². The Morgan fingerprint density at radius 2 is 0.429 bits per heavy atom. The Hall–Kier alpha value is 2.06. The molecule has 5 heteroatoms. The molecule has 2 nitrogen and oxygen atoms in total. The first-order valence-electron chi connectivity index (χ1n) is 0. The van der Waals surface area contributed by atoms with Crippen molar-refractivity contribution in [2.45, 2.75) is 14.9 Å². The van der Waals surface area contributed by atoms with Gasteiger partial charge >= 0.3 is 0 Å². The SMILES string of the molecule is C.C.N.N.[Ti].[Ti].[Ti]. The number of hydrogen-bond donors (Lipinski definition) is 2. The second-order valence-corrected chi connectivity index (χ2v) is 0. The summed E-state index contributed by atoms with van der Waals surface area (Å²) in [4.78, 5) is 0. The summed E-state index contributed by atoms with van der Waals surface area (Å²) in [6.45, 7) is 0. The maximum absolute atomic E-state index is 0. The van der Waals surface area contributed by atoms with Gasteiger partial charge in [0.05, 0.1) is 0 Å². The van der Waals surface area contributed by atoms with Crippen LogP contribution >= 0.6 is 0 Å². The molecule has 0 saturated heterocycles. The second-order valence-electron chi connectivity index (χ2n) is 0. The van der Waals surface area contributed by atoms with Gasteiger partial charge in [-0.2, -0.15) is 0 Å². The second kappa shape index (κ2) is 94.5. The summed E-state index contributed by atoms with van der Waals surface area (Å²) >= 11 is 0. The summed E-state index contributed by atoms with van der Waals surface area (Å²) < 4.78 is 0. The molecule has 44 valence electrons. The zero-order valence-corrected chi connectivity index (χ0v) is 7.60. The summed E-state index contributed by atoms with van der Waals surface area (Å²) in [5.74, 6) is 0. The fraction of sp³-hybridized carbons (Fsp3) is 1.00. The molecule has 0 aromatic rings. The molecule has 0 amide bonds. The Labute approximate surface area is 91.4 Å². The summed E-state index contributed by atoms with van der Waals surface area (Å²) in [6, 6.07) is 0. The Balaban J connectivity index is 0. The van der Waals surface area contributed by atoms with Crippen molar-refractivity contribution in [1.29, 1.82) is 0 Å². The van der Waals surface area contributed by atoms with Crippen LogP contribution in [0.15, 0.2) is 0 Å². The molecule has 0 aliphatic heterocycles. The van der Waals surface area contributed by atoms with E-state index < -0.39 is 0 Å². The van der Waals surface area contributed by atoms with E-state index in [9.17, 15) is 0 Å². The molecule has 0 saturated carbocycles. The first-order valence-corrected chi connectivity index (χ1v) is 0. The summed E-state index contributed by atoms with van der Waals surface area (Å²) in [5.41, 5.74) is 0. The van der Waals surface area contributed by atoms with E-state index in [0.29, 0.717) is 0 Å². The molecule has 0 aromatic carbocycles. The molecule has 7 heavy (non-hydrogen) atoms. The monoisotopic (exact) mass is 210 g/mol. The first kappa shape index (κ1) is 138. The zero-order chi connectivity index (χ0) is 0. The molecule has 6 N–H and O–H groups in total. The van der Waals surface area contributed by atoms with Crippen molar-refractivity contribution in [3.8, 4) is 0 Å². The van der Waals surface area contributed by atoms with Crippen LogP contribution in [0.5, 0.6) is 0 Å². The van der Waals surface area contributed by atoms with Crippen LogP contribution in [-0.2, 0) is 65.2 Å². The fourth-order valence-corrected chi connectivity index (χ4v) is 0. The Kier molecular flexibility index (Phi) is 1870. The van der Waals surface area contributed by atoms with Crippen LogP contribution < -0.4 is 12.3 Å². The molecule has 0 radical (unpaired) electrons. The third kappa shape index (κ3) is 69.6. The predicted molar refractivity (Wildman–Crippen MR) is 23.5 cm³/mol. The van der Waals surface area contributed by atoms with Gasteiger partial charge < -0.3 is 12.3 Å². The third-order valence-electron chi connectivity index (χ3n) is 0. The van der Waals surface area contributed by atoms with Crippen molar-refractivity contribution >= 4 is 0 Å². The molecule has 0 aliphatic rings. The van der Waals surface area contributed by atoms with Crippen molar-refractivity contribution in [3.05, 3.63) is 0 Å². The van der Waals surface area contributed by atoms with Crippen LogP contribution in [0, 0.1) is 0 Å². The molecule has 0 spiro atoms. The topological polar surface area (TPSA) is 70.0 Å². The van der Waals surface area contributed by atoms with Crippen LogP contribution in [0.1, 0.15) is 14.9 Å². The molecular weight excluding hydrogens is 196 g/mol. The van der Waals surface area contributed by atoms with Gasteiger partial charge in [-0.25, -0.2) is 0 Å². The predicted octanol–water partition coefficient (Wildman–Crippen LogP) is 1.59. The van der Waals surface area contributed by atoms with Gasteiger partial charge in [-0.05, 0) is 0 Å². The molecule has 0 aliphatic carbocycles. The molecule has 0 atom stereocenters. The van der Waals surface area contributed by atoms with E-state index in [4.69, 9.17) is 0 Å². The molecule has 0 heterocycles. The zero-order valence-electron chi connectivity index (χ0n) is 2.91. The smallest absolute Gasteiger partial charge is 0 e. The molecule has 0 bridgehead atoms. The summed E-state index contributed by atoms with van der Waals surface area (Å²) in [7, 11) is 0. The van der Waals surface area contributed by atoms with Crippen molar-refractivity contribution in [2.75, 3.05) is 0 Å². The van der Waals surface area contributed by atoms with E-state index >= 15 is 0 Å². The van der Waals surface area contributed by atoms with Crippen LogP contribution in [0.4, 0.5) is 0 Å². The number of hydrogen-bond acceptors (Lipinski definition) is 2. The molecule has 0 aromatic heterocycles. The average molecular weight is 210 g/mol. The van der Waals surface area contributed by atoms with Gasteiger partial charge in [0.25, 0.3) is 0 Å². The third-order valence-corrected chi connectivity index (χ3v) is 0. The minimum Gasteiger partial charge on any atom is -0.344 e. The fourth-order valence-electron chi connectivity index (χ4n) is 0. The minimum atomic E-state index is 0. The Bertz CT molecular complexity index is 10.9. The van der Waals surface area contributed by atoms with Gasteiger partial charge in [-0.1, -0.05) is 14.9 Å². The van der Waals surface area contributed by atoms with E-state index in [0.717, 1.165) is 0 Å². The molecule has 0 rings (SSSR count). The summed E-state index contributed by atoms with van der Waals surface area (Å²) in [6.07, 6.45) is 0. The Morgan fingerprint density at radius 1 is 0.429 bits per heavy atom. The maximum Gasteiger partial charge on any atom is 0 e. The van der Waals surface area contributed by atoms with Gasteiger partial charge in [-0.3, -0.25) is 0 Å². The van der Waals surface area contributed by atoms with Gasteiger partial charge in [0, 0.05) is 65.2 Å². The van der Waals surface area contributed by atoms with Crippen LogP contribution in [0.2, 0.25) is 0 Å². The van der Waals surface area contributed by atoms with E-state index in [1.165, 1.54) is 0 Å². The van der Waals surface area contributed by atoms with E-state index in [-0.39, 0.29) is 92.3 Å². The van der Waals surface area contributed by atoms with Crippen LogP contribution in [0.25, 0.3) is 0 Å². The maximum atomic E-state index is 0. The van der Waals surface area contributed by atoms with Crippen LogP contribution in [0.3, 0.4) is 0 Å². The van der Waals surface area contributed by atoms with E-state index in [1.807, 2.05) is 0 Å². The van der Waals surface area contributed by atoms with Crippen molar-refractivity contribution in [3.63, 3.8) is 0 Å². The van der Waals surface area contributed by atoms with Crippen molar-refractivity contribution < 1.29 is 65.2 Å². The van der Waals surface area contributed by atoms with E-state index in [2.05, 4.69) is 0 Å². The quantitative estimate of drug-likeness (QED) is 0.595. The summed E-state index contributed by atoms with van der Waals surface area (Å²) in [5, 5.41) is 0. The minimum absolute atomic E-state index is 0. The van der Waals surface area contributed by atoms with Crippen LogP contribution in [-0.4, -0.2) is 0 Å². The average Bonchev–Trinajstić information content (AvgIpc) is 0. The standard InChI is InChI=1S/2CH4.2H3N.3Ti/h2*1H4;2*1H3;;;. The molecule has 0 unspecified atom stereocenters. The van der Waals surface area contributed by atoms with Gasteiger partial charge in [0.1, 0.15) is 0 Å². The van der Waals surface area contributed by atoms with Crippen molar-refractivity contribution in [1.82, 2.24) is 12.3 Å². The largest absolute Gasteiger partial charge is 0.344 e. The van der Waals surface area contributed by atoms with E-state index in [1.54, 1.807) is 0 Å².